The van der Waals surface area contributed by atoms with Crippen LogP contribution in [0.25, 0.3) is 0 Å². The molecule has 0 saturated carbocycles. The van der Waals surface area contributed by atoms with E-state index in [0.29, 0.717) is 17.9 Å². The molecule has 0 fully saturated rings. The van der Waals surface area contributed by atoms with Crippen LogP contribution in [-0.4, -0.2) is 40.2 Å². The number of pyridine rings is 1. The SMILES string of the molecule is CNc1ncccc1C(=O)NCC(C)S(C)=O. The molecule has 2 N–H and O–H groups in total. The van der Waals surface area contributed by atoms with Crippen LogP contribution in [0.1, 0.15) is 17.3 Å². The Balaban J connectivity index is 2.67. The van der Waals surface area contributed by atoms with Gasteiger partial charge in [0.05, 0.1) is 5.56 Å². The molecule has 0 radical (unpaired) electrons. The third kappa shape index (κ3) is 3.81. The Morgan fingerprint density at radius 1 is 1.59 bits per heavy atom. The van der Waals surface area contributed by atoms with Gasteiger partial charge < -0.3 is 10.6 Å². The summed E-state index contributed by atoms with van der Waals surface area (Å²) >= 11 is 0. The molecule has 2 unspecified atom stereocenters. The van der Waals surface area contributed by atoms with E-state index in [-0.39, 0.29) is 11.2 Å². The van der Waals surface area contributed by atoms with Crippen LogP contribution in [0.4, 0.5) is 5.82 Å². The van der Waals surface area contributed by atoms with Gasteiger partial charge in [-0.25, -0.2) is 4.98 Å². The lowest BCUT2D eigenvalue weighted by molar-refractivity contribution is 0.0954. The molecule has 17 heavy (non-hydrogen) atoms. The molecule has 0 aliphatic heterocycles. The highest BCUT2D eigenvalue weighted by Gasteiger charge is 2.13. The molecule has 1 amide bonds. The summed E-state index contributed by atoms with van der Waals surface area (Å²) in [6, 6.07) is 3.40. The minimum atomic E-state index is -0.936. The summed E-state index contributed by atoms with van der Waals surface area (Å²) in [7, 11) is 0.775. The number of hydrogen-bond acceptors (Lipinski definition) is 4. The first-order valence-electron chi connectivity index (χ1n) is 5.29. The average molecular weight is 255 g/mol. The Kier molecular flexibility index (Phi) is 5.09. The van der Waals surface area contributed by atoms with Crippen molar-refractivity contribution in [3.05, 3.63) is 23.9 Å². The summed E-state index contributed by atoms with van der Waals surface area (Å²) in [6.45, 7) is 2.22. The molecular formula is C11H17N3O2S. The largest absolute Gasteiger partial charge is 0.372 e. The van der Waals surface area contributed by atoms with Crippen LogP contribution in [0.2, 0.25) is 0 Å². The Morgan fingerprint density at radius 2 is 2.29 bits per heavy atom. The summed E-state index contributed by atoms with van der Waals surface area (Å²) in [5, 5.41) is 5.54. The van der Waals surface area contributed by atoms with E-state index < -0.39 is 10.8 Å². The average Bonchev–Trinajstić information content (AvgIpc) is 2.35. The van der Waals surface area contributed by atoms with Gasteiger partial charge in [-0.2, -0.15) is 0 Å². The number of nitrogens with one attached hydrogen (secondary N) is 2. The molecule has 5 nitrogen and oxygen atoms in total. The van der Waals surface area contributed by atoms with Crippen molar-refractivity contribution in [3.8, 4) is 0 Å². The third-order valence-electron chi connectivity index (χ3n) is 2.41. The number of nitrogens with zero attached hydrogens (tertiary/aromatic N) is 1. The van der Waals surface area contributed by atoms with Gasteiger partial charge in [0.2, 0.25) is 0 Å². The Labute approximate surface area is 103 Å². The highest BCUT2D eigenvalue weighted by atomic mass is 32.2. The van der Waals surface area contributed by atoms with Crippen LogP contribution in [0, 0.1) is 0 Å². The van der Waals surface area contributed by atoms with Gasteiger partial charge in [-0.15, -0.1) is 0 Å². The summed E-state index contributed by atoms with van der Waals surface area (Å²) < 4.78 is 11.2. The highest BCUT2D eigenvalue weighted by Crippen LogP contribution is 2.09. The van der Waals surface area contributed by atoms with Gasteiger partial charge in [0, 0.05) is 42.1 Å². The van der Waals surface area contributed by atoms with E-state index in [1.807, 2.05) is 6.92 Å². The van der Waals surface area contributed by atoms with Crippen LogP contribution < -0.4 is 10.6 Å². The monoisotopic (exact) mass is 255 g/mol. The first-order valence-corrected chi connectivity index (χ1v) is 6.91. The smallest absolute Gasteiger partial charge is 0.255 e. The van der Waals surface area contributed by atoms with Gasteiger partial charge in [0.15, 0.2) is 0 Å². The lowest BCUT2D eigenvalue weighted by Crippen LogP contribution is -2.33. The quantitative estimate of drug-likeness (QED) is 0.809. The van der Waals surface area contributed by atoms with Gasteiger partial charge in [-0.3, -0.25) is 9.00 Å². The zero-order chi connectivity index (χ0) is 12.8. The summed E-state index contributed by atoms with van der Waals surface area (Å²) in [6.07, 6.45) is 3.24. The normalized spacial score (nSPS) is 13.8. The molecule has 1 heterocycles. The molecule has 1 aromatic rings. The highest BCUT2D eigenvalue weighted by molar-refractivity contribution is 7.84. The fourth-order valence-electron chi connectivity index (χ4n) is 1.24. The fraction of sp³-hybridized carbons (Fsp3) is 0.455. The van der Waals surface area contributed by atoms with Crippen molar-refractivity contribution in [3.63, 3.8) is 0 Å². The molecule has 0 spiro atoms. The van der Waals surface area contributed by atoms with Gasteiger partial charge in [-0.1, -0.05) is 0 Å². The maximum Gasteiger partial charge on any atom is 0.255 e. The van der Waals surface area contributed by atoms with E-state index >= 15 is 0 Å². The van der Waals surface area contributed by atoms with Crippen LogP contribution in [-0.2, 0) is 10.8 Å². The van der Waals surface area contributed by atoms with Crippen LogP contribution >= 0.6 is 0 Å². The zero-order valence-electron chi connectivity index (χ0n) is 10.2. The van der Waals surface area contributed by atoms with E-state index in [9.17, 15) is 9.00 Å². The molecule has 0 aliphatic rings. The molecular weight excluding hydrogens is 238 g/mol. The number of hydrogen-bond donors (Lipinski definition) is 2. The Morgan fingerprint density at radius 3 is 2.88 bits per heavy atom. The number of carbonyl (C=O) groups is 1. The maximum atomic E-state index is 11.9. The molecule has 6 heteroatoms. The van der Waals surface area contributed by atoms with Crippen molar-refractivity contribution in [2.75, 3.05) is 25.2 Å². The molecule has 0 bridgehead atoms. The summed E-state index contributed by atoms with van der Waals surface area (Å²) in [5.74, 6) is 0.329. The number of rotatable bonds is 5. The fourth-order valence-corrected chi connectivity index (χ4v) is 1.55. The Bertz CT molecular complexity index is 423. The second-order valence-electron chi connectivity index (χ2n) is 3.67. The van der Waals surface area contributed by atoms with Crippen LogP contribution in [0.3, 0.4) is 0 Å². The van der Waals surface area contributed by atoms with E-state index in [0.717, 1.165) is 0 Å². The molecule has 1 aromatic heterocycles. The standard InChI is InChI=1S/C11H17N3O2S/c1-8(17(3)16)7-14-11(15)9-5-4-6-13-10(9)12-2/h4-6,8H,7H2,1-3H3,(H,12,13)(H,14,15). The molecule has 0 aromatic carbocycles. The van der Waals surface area contributed by atoms with E-state index in [1.54, 1.807) is 31.6 Å². The zero-order valence-corrected chi connectivity index (χ0v) is 11.0. The van der Waals surface area contributed by atoms with Crippen molar-refractivity contribution in [2.24, 2.45) is 0 Å². The summed E-state index contributed by atoms with van der Waals surface area (Å²) in [4.78, 5) is 15.9. The minimum Gasteiger partial charge on any atom is -0.372 e. The number of aromatic nitrogens is 1. The third-order valence-corrected chi connectivity index (χ3v) is 3.71. The topological polar surface area (TPSA) is 71.1 Å². The van der Waals surface area contributed by atoms with Crippen LogP contribution in [0.5, 0.6) is 0 Å². The van der Waals surface area contributed by atoms with Crippen molar-refractivity contribution in [1.82, 2.24) is 10.3 Å². The number of anilines is 1. The van der Waals surface area contributed by atoms with E-state index in [4.69, 9.17) is 0 Å². The molecule has 1 rings (SSSR count). The van der Waals surface area contributed by atoms with Gasteiger partial charge in [-0.05, 0) is 19.1 Å². The van der Waals surface area contributed by atoms with Gasteiger partial charge >= 0.3 is 0 Å². The second kappa shape index (κ2) is 6.34. The predicted octanol–water partition coefficient (Wildman–Crippen LogP) is 0.620. The van der Waals surface area contributed by atoms with Crippen molar-refractivity contribution >= 4 is 22.5 Å². The van der Waals surface area contributed by atoms with Crippen molar-refractivity contribution in [1.29, 1.82) is 0 Å². The van der Waals surface area contributed by atoms with Crippen molar-refractivity contribution < 1.29 is 9.00 Å². The predicted molar refractivity (Wildman–Crippen MR) is 69.6 cm³/mol. The first kappa shape index (κ1) is 13.6. The van der Waals surface area contributed by atoms with E-state index in [2.05, 4.69) is 15.6 Å². The number of carbonyl (C=O) groups excluding carboxylic acids is 1. The molecule has 0 saturated heterocycles. The lowest BCUT2D eigenvalue weighted by atomic mass is 10.2. The van der Waals surface area contributed by atoms with Crippen molar-refractivity contribution in [2.45, 2.75) is 12.2 Å². The maximum absolute atomic E-state index is 11.9. The van der Waals surface area contributed by atoms with E-state index in [1.165, 1.54) is 0 Å². The minimum absolute atomic E-state index is 0.0614. The molecule has 94 valence electrons. The molecule has 0 aliphatic carbocycles. The second-order valence-corrected chi connectivity index (χ2v) is 5.47. The van der Waals surface area contributed by atoms with Crippen LogP contribution in [0.15, 0.2) is 18.3 Å². The first-order chi connectivity index (χ1) is 8.06. The summed E-state index contributed by atoms with van der Waals surface area (Å²) in [5.41, 5.74) is 0.490. The lowest BCUT2D eigenvalue weighted by Gasteiger charge is -2.11. The van der Waals surface area contributed by atoms with Gasteiger partial charge in [0.25, 0.3) is 5.91 Å². The molecule has 2 atom stereocenters. The number of amides is 1. The van der Waals surface area contributed by atoms with Gasteiger partial charge in [0.1, 0.15) is 5.82 Å². The Hall–Kier alpha value is -1.43.